The second kappa shape index (κ2) is 4.00. The molecule has 0 heterocycles. The van der Waals surface area contributed by atoms with Gasteiger partial charge in [-0.3, -0.25) is 0 Å². The van der Waals surface area contributed by atoms with Crippen LogP contribution in [0.25, 0.3) is 0 Å². The molecule has 0 atom stereocenters. The van der Waals surface area contributed by atoms with Crippen LogP contribution in [0.15, 0.2) is 18.2 Å². The fraction of sp³-hybridized carbons (Fsp3) is 0.400. The predicted molar refractivity (Wildman–Crippen MR) is 67.9 cm³/mol. The van der Waals surface area contributed by atoms with Crippen molar-refractivity contribution in [2.75, 3.05) is 0 Å². The van der Waals surface area contributed by atoms with Gasteiger partial charge in [-0.1, -0.05) is 0 Å². The first-order chi connectivity index (χ1) is 5.88. The number of hydrogen-bond acceptors (Lipinski definition) is 1. The van der Waals surface area contributed by atoms with Crippen LogP contribution in [-0.4, -0.2) is 8.32 Å². The van der Waals surface area contributed by atoms with E-state index < -0.39 is 8.32 Å². The molecule has 0 aliphatic carbocycles. The SMILES string of the molecule is Cc1cc(O[Si](C)(C)C)ccc1I. The average Bonchev–Trinajstić information content (AvgIpc) is 1.94. The highest BCUT2D eigenvalue weighted by molar-refractivity contribution is 14.1. The molecule has 1 rings (SSSR count). The Labute approximate surface area is 94.8 Å². The Kier molecular flexibility index (Phi) is 3.40. The molecule has 0 aliphatic rings. The Bertz CT molecular complexity index is 304. The van der Waals surface area contributed by atoms with Gasteiger partial charge in [0.2, 0.25) is 8.32 Å². The van der Waals surface area contributed by atoms with E-state index >= 15 is 0 Å². The van der Waals surface area contributed by atoms with Gasteiger partial charge in [-0.2, -0.15) is 0 Å². The van der Waals surface area contributed by atoms with Crippen LogP contribution in [0.4, 0.5) is 0 Å². The topological polar surface area (TPSA) is 9.23 Å². The van der Waals surface area contributed by atoms with Crippen molar-refractivity contribution in [3.8, 4) is 5.75 Å². The van der Waals surface area contributed by atoms with E-state index in [2.05, 4.69) is 61.3 Å². The summed E-state index contributed by atoms with van der Waals surface area (Å²) in [4.78, 5) is 0. The van der Waals surface area contributed by atoms with Gasteiger partial charge in [0.25, 0.3) is 0 Å². The van der Waals surface area contributed by atoms with E-state index in [0.717, 1.165) is 5.75 Å². The molecule has 0 fully saturated rings. The maximum atomic E-state index is 5.87. The minimum Gasteiger partial charge on any atom is -0.544 e. The highest BCUT2D eigenvalue weighted by atomic mass is 127. The van der Waals surface area contributed by atoms with Crippen molar-refractivity contribution in [2.24, 2.45) is 0 Å². The van der Waals surface area contributed by atoms with Gasteiger partial charge in [-0.15, -0.1) is 0 Å². The van der Waals surface area contributed by atoms with Crippen molar-refractivity contribution >= 4 is 30.9 Å². The third kappa shape index (κ3) is 3.68. The van der Waals surface area contributed by atoms with Gasteiger partial charge in [-0.25, -0.2) is 0 Å². The van der Waals surface area contributed by atoms with Crippen molar-refractivity contribution in [1.29, 1.82) is 0 Å². The van der Waals surface area contributed by atoms with Crippen LogP contribution in [0.5, 0.6) is 5.75 Å². The van der Waals surface area contributed by atoms with Crippen LogP contribution in [-0.2, 0) is 0 Å². The van der Waals surface area contributed by atoms with Gasteiger partial charge in [0.05, 0.1) is 0 Å². The molecule has 1 aromatic carbocycles. The lowest BCUT2D eigenvalue weighted by molar-refractivity contribution is 0.557. The number of halogens is 1. The third-order valence-corrected chi connectivity index (χ3v) is 3.61. The van der Waals surface area contributed by atoms with Crippen molar-refractivity contribution in [2.45, 2.75) is 26.6 Å². The molecule has 0 unspecified atom stereocenters. The Hall–Kier alpha value is -0.0331. The smallest absolute Gasteiger partial charge is 0.242 e. The second-order valence-corrected chi connectivity index (χ2v) is 9.72. The maximum Gasteiger partial charge on any atom is 0.242 e. The molecule has 0 saturated heterocycles. The van der Waals surface area contributed by atoms with Gasteiger partial charge in [0.15, 0.2) is 0 Å². The van der Waals surface area contributed by atoms with Crippen molar-refractivity contribution in [1.82, 2.24) is 0 Å². The molecule has 1 aromatic rings. The van der Waals surface area contributed by atoms with Crippen LogP contribution in [0.3, 0.4) is 0 Å². The number of rotatable bonds is 2. The summed E-state index contributed by atoms with van der Waals surface area (Å²) in [5.41, 5.74) is 1.29. The van der Waals surface area contributed by atoms with Gasteiger partial charge < -0.3 is 4.43 Å². The molecule has 0 N–H and O–H groups in total. The lowest BCUT2D eigenvalue weighted by Gasteiger charge is -2.19. The zero-order valence-electron chi connectivity index (χ0n) is 8.52. The van der Waals surface area contributed by atoms with E-state index in [4.69, 9.17) is 4.43 Å². The molecule has 0 amide bonds. The van der Waals surface area contributed by atoms with E-state index in [1.54, 1.807) is 0 Å². The van der Waals surface area contributed by atoms with Crippen LogP contribution in [0.2, 0.25) is 19.6 Å². The normalized spacial score (nSPS) is 11.5. The summed E-state index contributed by atoms with van der Waals surface area (Å²) < 4.78 is 7.17. The monoisotopic (exact) mass is 306 g/mol. The first-order valence-electron chi connectivity index (χ1n) is 4.34. The van der Waals surface area contributed by atoms with Gasteiger partial charge in [-0.05, 0) is 72.9 Å². The second-order valence-electron chi connectivity index (χ2n) is 4.13. The molecule has 0 aromatic heterocycles. The van der Waals surface area contributed by atoms with Crippen LogP contribution >= 0.6 is 22.6 Å². The zero-order valence-corrected chi connectivity index (χ0v) is 11.7. The molecular formula is C10H15IOSi. The number of hydrogen-bond donors (Lipinski definition) is 0. The minimum atomic E-state index is -1.44. The van der Waals surface area contributed by atoms with E-state index in [-0.39, 0.29) is 0 Å². The zero-order chi connectivity index (χ0) is 10.1. The van der Waals surface area contributed by atoms with Crippen LogP contribution in [0.1, 0.15) is 5.56 Å². The molecule has 1 nitrogen and oxygen atoms in total. The predicted octanol–water partition coefficient (Wildman–Crippen LogP) is 3.81. The lowest BCUT2D eigenvalue weighted by Crippen LogP contribution is -2.29. The highest BCUT2D eigenvalue weighted by Crippen LogP contribution is 2.21. The van der Waals surface area contributed by atoms with E-state index in [1.807, 2.05) is 6.07 Å². The van der Waals surface area contributed by atoms with E-state index in [1.165, 1.54) is 9.13 Å². The van der Waals surface area contributed by atoms with Gasteiger partial charge in [0.1, 0.15) is 5.75 Å². The standard InChI is InChI=1S/C10H15IOSi/c1-8-7-9(5-6-10(8)11)12-13(2,3)4/h5-7H,1-4H3. The Balaban J connectivity index is 2.86. The van der Waals surface area contributed by atoms with Gasteiger partial charge >= 0.3 is 0 Å². The molecule has 0 saturated carbocycles. The quantitative estimate of drug-likeness (QED) is 0.596. The highest BCUT2D eigenvalue weighted by Gasteiger charge is 2.16. The molecule has 0 spiro atoms. The van der Waals surface area contributed by atoms with Crippen LogP contribution in [0, 0.1) is 10.5 Å². The average molecular weight is 306 g/mol. The number of aryl methyl sites for hydroxylation is 1. The summed E-state index contributed by atoms with van der Waals surface area (Å²) in [5.74, 6) is 1.01. The first kappa shape index (κ1) is 11.0. The molecule has 0 radical (unpaired) electrons. The Morgan fingerprint density at radius 3 is 2.31 bits per heavy atom. The largest absolute Gasteiger partial charge is 0.544 e. The summed E-state index contributed by atoms with van der Waals surface area (Å²) in [5, 5.41) is 0. The molecule has 0 aliphatic heterocycles. The maximum absolute atomic E-state index is 5.87. The summed E-state index contributed by atoms with van der Waals surface area (Å²) in [7, 11) is -1.44. The summed E-state index contributed by atoms with van der Waals surface area (Å²) in [6.07, 6.45) is 0. The minimum absolute atomic E-state index is 1.01. The van der Waals surface area contributed by atoms with Crippen molar-refractivity contribution < 1.29 is 4.43 Å². The number of benzene rings is 1. The van der Waals surface area contributed by atoms with Crippen LogP contribution < -0.4 is 4.43 Å². The molecule has 13 heavy (non-hydrogen) atoms. The fourth-order valence-electron chi connectivity index (χ4n) is 1.03. The van der Waals surface area contributed by atoms with E-state index in [9.17, 15) is 0 Å². The summed E-state index contributed by atoms with van der Waals surface area (Å²) >= 11 is 2.33. The Morgan fingerprint density at radius 1 is 1.23 bits per heavy atom. The summed E-state index contributed by atoms with van der Waals surface area (Å²) in [6, 6.07) is 6.26. The summed E-state index contributed by atoms with van der Waals surface area (Å²) in [6.45, 7) is 8.69. The first-order valence-corrected chi connectivity index (χ1v) is 8.82. The molecule has 72 valence electrons. The lowest BCUT2D eigenvalue weighted by atomic mass is 10.2. The van der Waals surface area contributed by atoms with Crippen molar-refractivity contribution in [3.05, 3.63) is 27.3 Å². The molecular weight excluding hydrogens is 291 g/mol. The van der Waals surface area contributed by atoms with Gasteiger partial charge in [0, 0.05) is 3.57 Å². The molecule has 3 heteroatoms. The molecule has 0 bridgehead atoms. The Morgan fingerprint density at radius 2 is 1.85 bits per heavy atom. The fourth-order valence-corrected chi connectivity index (χ4v) is 2.20. The van der Waals surface area contributed by atoms with Crippen molar-refractivity contribution in [3.63, 3.8) is 0 Å². The third-order valence-electron chi connectivity index (χ3n) is 1.55. The van der Waals surface area contributed by atoms with E-state index in [0.29, 0.717) is 0 Å².